The van der Waals surface area contributed by atoms with Crippen LogP contribution in [0.4, 0.5) is 0 Å². The Kier molecular flexibility index (Phi) is 5.25. The minimum Gasteiger partial charge on any atom is -0.496 e. The van der Waals surface area contributed by atoms with Crippen LogP contribution in [-0.4, -0.2) is 32.1 Å². The number of nitrogens with two attached hydrogens (primary N) is 1. The van der Waals surface area contributed by atoms with E-state index in [1.807, 2.05) is 39.2 Å². The van der Waals surface area contributed by atoms with Crippen LogP contribution in [0.2, 0.25) is 5.02 Å². The maximum absolute atomic E-state index is 6.05. The summed E-state index contributed by atoms with van der Waals surface area (Å²) in [6.45, 7) is 2.01. The highest BCUT2D eigenvalue weighted by atomic mass is 35.5. The monoisotopic (exact) mass is 256 g/mol. The zero-order chi connectivity index (χ0) is 13.0. The summed E-state index contributed by atoms with van der Waals surface area (Å²) in [4.78, 5) is 2.14. The molecule has 2 atom stereocenters. The fourth-order valence-electron chi connectivity index (χ4n) is 1.93. The summed E-state index contributed by atoms with van der Waals surface area (Å²) in [7, 11) is 5.74. The molecule has 0 spiro atoms. The molecule has 0 heterocycles. The molecular formula is C13H21ClN2O. The molecule has 0 bridgehead atoms. The van der Waals surface area contributed by atoms with Crippen molar-refractivity contribution in [3.8, 4) is 5.75 Å². The molecule has 1 rings (SSSR count). The third kappa shape index (κ3) is 3.87. The Morgan fingerprint density at radius 3 is 2.53 bits per heavy atom. The van der Waals surface area contributed by atoms with Crippen molar-refractivity contribution in [2.45, 2.75) is 25.4 Å². The van der Waals surface area contributed by atoms with Gasteiger partial charge in [0, 0.05) is 22.7 Å². The van der Waals surface area contributed by atoms with E-state index in [1.54, 1.807) is 7.11 Å². The predicted molar refractivity (Wildman–Crippen MR) is 72.7 cm³/mol. The number of hydrogen-bond acceptors (Lipinski definition) is 3. The number of benzene rings is 1. The Labute approximate surface area is 109 Å². The van der Waals surface area contributed by atoms with Gasteiger partial charge >= 0.3 is 0 Å². The molecule has 2 unspecified atom stereocenters. The second-order valence-corrected chi connectivity index (χ2v) is 5.02. The van der Waals surface area contributed by atoms with E-state index in [0.717, 1.165) is 22.8 Å². The van der Waals surface area contributed by atoms with Gasteiger partial charge in [-0.25, -0.2) is 0 Å². The lowest BCUT2D eigenvalue weighted by atomic mass is 9.98. The molecule has 0 aliphatic carbocycles. The van der Waals surface area contributed by atoms with Crippen molar-refractivity contribution in [2.24, 2.45) is 5.73 Å². The van der Waals surface area contributed by atoms with Crippen molar-refractivity contribution < 1.29 is 4.74 Å². The molecule has 0 saturated carbocycles. The normalized spacial score (nSPS) is 14.8. The second-order valence-electron chi connectivity index (χ2n) is 4.58. The zero-order valence-corrected chi connectivity index (χ0v) is 11.7. The molecule has 0 amide bonds. The highest BCUT2D eigenvalue weighted by molar-refractivity contribution is 6.30. The van der Waals surface area contributed by atoms with Crippen LogP contribution in [0.15, 0.2) is 18.2 Å². The van der Waals surface area contributed by atoms with Crippen LogP contribution in [0.5, 0.6) is 5.75 Å². The third-order valence-corrected chi connectivity index (χ3v) is 3.00. The lowest BCUT2D eigenvalue weighted by Gasteiger charge is -2.27. The molecule has 1 aromatic rings. The molecule has 4 heteroatoms. The first kappa shape index (κ1) is 14.3. The summed E-state index contributed by atoms with van der Waals surface area (Å²) in [5, 5.41) is 0.720. The molecule has 2 N–H and O–H groups in total. The quantitative estimate of drug-likeness (QED) is 0.880. The number of rotatable bonds is 5. The summed E-state index contributed by atoms with van der Waals surface area (Å²) in [6, 6.07) is 6.03. The van der Waals surface area contributed by atoms with E-state index in [0.29, 0.717) is 0 Å². The Bertz CT molecular complexity index is 366. The Balaban J connectivity index is 3.11. The van der Waals surface area contributed by atoms with Gasteiger partial charge in [0.2, 0.25) is 0 Å². The van der Waals surface area contributed by atoms with Crippen LogP contribution < -0.4 is 10.5 Å². The molecule has 96 valence electrons. The minimum absolute atomic E-state index is 0.131. The largest absolute Gasteiger partial charge is 0.496 e. The predicted octanol–water partition coefficient (Wildman–Crippen LogP) is 2.69. The van der Waals surface area contributed by atoms with Crippen molar-refractivity contribution in [2.75, 3.05) is 21.2 Å². The molecule has 0 fully saturated rings. The Hall–Kier alpha value is -0.770. The number of nitrogens with zero attached hydrogens (tertiary/aromatic N) is 1. The van der Waals surface area contributed by atoms with Gasteiger partial charge in [0.1, 0.15) is 5.75 Å². The second kappa shape index (κ2) is 6.24. The topological polar surface area (TPSA) is 38.5 Å². The van der Waals surface area contributed by atoms with Crippen LogP contribution in [-0.2, 0) is 0 Å². The molecule has 0 radical (unpaired) electrons. The highest BCUT2D eigenvalue weighted by Gasteiger charge is 2.20. The van der Waals surface area contributed by atoms with Crippen LogP contribution >= 0.6 is 11.6 Å². The van der Waals surface area contributed by atoms with E-state index in [-0.39, 0.29) is 12.1 Å². The number of methoxy groups -OCH3 is 1. The van der Waals surface area contributed by atoms with Crippen molar-refractivity contribution in [1.82, 2.24) is 4.90 Å². The molecular weight excluding hydrogens is 236 g/mol. The fourth-order valence-corrected chi connectivity index (χ4v) is 2.11. The maximum Gasteiger partial charge on any atom is 0.123 e. The first-order valence-corrected chi connectivity index (χ1v) is 6.09. The van der Waals surface area contributed by atoms with Crippen LogP contribution in [0.1, 0.15) is 24.9 Å². The Morgan fingerprint density at radius 1 is 1.41 bits per heavy atom. The number of halogens is 1. The summed E-state index contributed by atoms with van der Waals surface area (Å²) in [6.07, 6.45) is 0.865. The highest BCUT2D eigenvalue weighted by Crippen LogP contribution is 2.33. The molecule has 0 aliphatic heterocycles. The minimum atomic E-state index is 0.131. The molecule has 3 nitrogen and oxygen atoms in total. The van der Waals surface area contributed by atoms with Gasteiger partial charge in [-0.05, 0) is 45.6 Å². The van der Waals surface area contributed by atoms with Gasteiger partial charge in [-0.2, -0.15) is 0 Å². The smallest absolute Gasteiger partial charge is 0.123 e. The van der Waals surface area contributed by atoms with Gasteiger partial charge in [-0.3, -0.25) is 0 Å². The lowest BCUT2D eigenvalue weighted by Crippen LogP contribution is -2.27. The summed E-state index contributed by atoms with van der Waals surface area (Å²) < 4.78 is 5.39. The SMILES string of the molecule is COc1ccc(Cl)cc1C(CC(C)N)N(C)C. The first-order chi connectivity index (χ1) is 7.95. The summed E-state index contributed by atoms with van der Waals surface area (Å²) >= 11 is 6.05. The van der Waals surface area contributed by atoms with Gasteiger partial charge in [0.25, 0.3) is 0 Å². The van der Waals surface area contributed by atoms with E-state index in [2.05, 4.69) is 4.90 Å². The van der Waals surface area contributed by atoms with Crippen molar-refractivity contribution in [3.05, 3.63) is 28.8 Å². The first-order valence-electron chi connectivity index (χ1n) is 5.71. The summed E-state index contributed by atoms with van der Waals surface area (Å²) in [5.74, 6) is 0.855. The number of ether oxygens (including phenoxy) is 1. The molecule has 17 heavy (non-hydrogen) atoms. The van der Waals surface area contributed by atoms with Gasteiger partial charge in [-0.15, -0.1) is 0 Å². The fraction of sp³-hybridized carbons (Fsp3) is 0.538. The third-order valence-electron chi connectivity index (χ3n) is 2.77. The van der Waals surface area contributed by atoms with Gasteiger partial charge < -0.3 is 15.4 Å². The molecule has 0 aromatic heterocycles. The van der Waals surface area contributed by atoms with E-state index in [4.69, 9.17) is 22.1 Å². The standard InChI is InChI=1S/C13H21ClN2O/c1-9(15)7-12(16(2)3)11-8-10(14)5-6-13(11)17-4/h5-6,8-9,12H,7,15H2,1-4H3. The molecule has 0 aliphatic rings. The average molecular weight is 257 g/mol. The van der Waals surface area contributed by atoms with E-state index < -0.39 is 0 Å². The van der Waals surface area contributed by atoms with Gasteiger partial charge in [0.15, 0.2) is 0 Å². The zero-order valence-electron chi connectivity index (χ0n) is 10.9. The van der Waals surface area contributed by atoms with Crippen LogP contribution in [0.25, 0.3) is 0 Å². The van der Waals surface area contributed by atoms with E-state index in [1.165, 1.54) is 0 Å². The Morgan fingerprint density at radius 2 is 2.06 bits per heavy atom. The van der Waals surface area contributed by atoms with Crippen LogP contribution in [0, 0.1) is 0 Å². The maximum atomic E-state index is 6.05. The van der Waals surface area contributed by atoms with Gasteiger partial charge in [-0.1, -0.05) is 11.6 Å². The van der Waals surface area contributed by atoms with Crippen molar-refractivity contribution >= 4 is 11.6 Å². The van der Waals surface area contributed by atoms with Crippen molar-refractivity contribution in [3.63, 3.8) is 0 Å². The lowest BCUT2D eigenvalue weighted by molar-refractivity contribution is 0.264. The average Bonchev–Trinajstić information content (AvgIpc) is 2.25. The van der Waals surface area contributed by atoms with Crippen molar-refractivity contribution in [1.29, 1.82) is 0 Å². The van der Waals surface area contributed by atoms with Gasteiger partial charge in [0.05, 0.1) is 7.11 Å². The van der Waals surface area contributed by atoms with E-state index in [9.17, 15) is 0 Å². The molecule has 1 aromatic carbocycles. The summed E-state index contributed by atoms with van der Waals surface area (Å²) in [5.41, 5.74) is 6.98. The van der Waals surface area contributed by atoms with E-state index >= 15 is 0 Å². The van der Waals surface area contributed by atoms with Crippen LogP contribution in [0.3, 0.4) is 0 Å². The molecule has 0 saturated heterocycles. The number of hydrogen-bond donors (Lipinski definition) is 1.